The zero-order valence-electron chi connectivity index (χ0n) is 12.9. The third-order valence-corrected chi connectivity index (χ3v) is 4.00. The number of anilines is 1. The van der Waals surface area contributed by atoms with Gasteiger partial charge in [-0.3, -0.25) is 0 Å². The fourth-order valence-electron chi connectivity index (χ4n) is 2.81. The van der Waals surface area contributed by atoms with E-state index in [1.165, 1.54) is 0 Å². The number of likely N-dealkylation sites (N-methyl/N-ethyl adjacent to an activating group) is 1. The molecule has 2 aliphatic heterocycles. The highest BCUT2D eigenvalue weighted by atomic mass is 16.5. The zero-order valence-corrected chi connectivity index (χ0v) is 12.9. The molecular weight excluding hydrogens is 282 g/mol. The van der Waals surface area contributed by atoms with E-state index in [1.807, 2.05) is 18.2 Å². The molecule has 2 N–H and O–H groups in total. The van der Waals surface area contributed by atoms with Crippen LogP contribution >= 0.6 is 0 Å². The van der Waals surface area contributed by atoms with E-state index in [1.54, 1.807) is 0 Å². The van der Waals surface area contributed by atoms with E-state index in [0.717, 1.165) is 56.1 Å². The van der Waals surface area contributed by atoms with E-state index in [9.17, 15) is 4.79 Å². The molecule has 120 valence electrons. The highest BCUT2D eigenvalue weighted by Gasteiger charge is 2.18. The Labute approximate surface area is 130 Å². The van der Waals surface area contributed by atoms with Crippen LogP contribution in [0.25, 0.3) is 0 Å². The van der Waals surface area contributed by atoms with Gasteiger partial charge >= 0.3 is 6.03 Å². The number of ether oxygens (including phenoxy) is 2. The number of carbonyl (C=O) groups excluding carboxylic acids is 1. The molecular formula is C16H23N3O3. The van der Waals surface area contributed by atoms with E-state index in [0.29, 0.717) is 6.54 Å². The quantitative estimate of drug-likeness (QED) is 0.887. The maximum Gasteiger partial charge on any atom is 0.319 e. The van der Waals surface area contributed by atoms with Crippen LogP contribution in [0, 0.1) is 0 Å². The third-order valence-electron chi connectivity index (χ3n) is 4.00. The average molecular weight is 305 g/mol. The molecule has 0 spiro atoms. The fourth-order valence-corrected chi connectivity index (χ4v) is 2.81. The second-order valence-corrected chi connectivity index (χ2v) is 5.86. The maximum atomic E-state index is 12.0. The molecule has 0 saturated carbocycles. The van der Waals surface area contributed by atoms with Gasteiger partial charge in [0.25, 0.3) is 0 Å². The van der Waals surface area contributed by atoms with Crippen LogP contribution in [0.15, 0.2) is 18.2 Å². The summed E-state index contributed by atoms with van der Waals surface area (Å²) < 4.78 is 11.2. The van der Waals surface area contributed by atoms with Crippen molar-refractivity contribution in [1.29, 1.82) is 0 Å². The number of aryl methyl sites for hydroxylation is 1. The lowest BCUT2D eigenvalue weighted by Crippen LogP contribution is -2.46. The molecule has 0 radical (unpaired) electrons. The Balaban J connectivity index is 1.49. The molecule has 1 aromatic carbocycles. The number of nitrogens with zero attached hydrogens (tertiary/aromatic N) is 1. The number of morpholine rings is 1. The van der Waals surface area contributed by atoms with E-state index < -0.39 is 0 Å². The first kappa shape index (κ1) is 15.1. The summed E-state index contributed by atoms with van der Waals surface area (Å²) in [6, 6.07) is 5.57. The van der Waals surface area contributed by atoms with Gasteiger partial charge in [-0.2, -0.15) is 0 Å². The van der Waals surface area contributed by atoms with E-state index in [4.69, 9.17) is 9.47 Å². The number of fused-ring (bicyclic) bond motifs is 1. The van der Waals surface area contributed by atoms with Crippen molar-refractivity contribution < 1.29 is 14.3 Å². The SMILES string of the molecule is CN1CCOC(CNC(=O)Nc2ccc3c(c2)CCCO3)C1. The molecule has 3 rings (SSSR count). The summed E-state index contributed by atoms with van der Waals surface area (Å²) in [6.07, 6.45) is 2.07. The highest BCUT2D eigenvalue weighted by Crippen LogP contribution is 2.27. The molecule has 1 atom stereocenters. The Bertz CT molecular complexity index is 535. The molecule has 6 heteroatoms. The van der Waals surface area contributed by atoms with Gasteiger partial charge < -0.3 is 25.0 Å². The largest absolute Gasteiger partial charge is 0.493 e. The summed E-state index contributed by atoms with van der Waals surface area (Å²) in [5.74, 6) is 0.927. The van der Waals surface area contributed by atoms with Crippen molar-refractivity contribution in [2.24, 2.45) is 0 Å². The van der Waals surface area contributed by atoms with Crippen molar-refractivity contribution in [2.45, 2.75) is 18.9 Å². The predicted octanol–water partition coefficient (Wildman–Crippen LogP) is 1.46. The van der Waals surface area contributed by atoms with Gasteiger partial charge in [-0.1, -0.05) is 0 Å². The summed E-state index contributed by atoms with van der Waals surface area (Å²) in [7, 11) is 2.06. The molecule has 2 aliphatic rings. The number of nitrogens with one attached hydrogen (secondary N) is 2. The molecule has 6 nitrogen and oxygen atoms in total. The topological polar surface area (TPSA) is 62.8 Å². The molecule has 2 heterocycles. The van der Waals surface area contributed by atoms with Crippen molar-refractivity contribution in [3.8, 4) is 5.75 Å². The lowest BCUT2D eigenvalue weighted by molar-refractivity contribution is -0.0166. The van der Waals surface area contributed by atoms with Gasteiger partial charge in [0.1, 0.15) is 5.75 Å². The Kier molecular flexibility index (Phi) is 4.80. The summed E-state index contributed by atoms with van der Waals surface area (Å²) in [4.78, 5) is 14.2. The lowest BCUT2D eigenvalue weighted by atomic mass is 10.1. The van der Waals surface area contributed by atoms with Gasteiger partial charge in [0.2, 0.25) is 0 Å². The second-order valence-electron chi connectivity index (χ2n) is 5.86. The van der Waals surface area contributed by atoms with Crippen LogP contribution in [0.1, 0.15) is 12.0 Å². The number of amides is 2. The van der Waals surface area contributed by atoms with E-state index in [-0.39, 0.29) is 12.1 Å². The number of carbonyl (C=O) groups is 1. The highest BCUT2D eigenvalue weighted by molar-refractivity contribution is 5.89. The molecule has 0 bridgehead atoms. The summed E-state index contributed by atoms with van der Waals surface area (Å²) in [5, 5.41) is 5.74. The van der Waals surface area contributed by atoms with Crippen LogP contribution in [0.4, 0.5) is 10.5 Å². The fraction of sp³-hybridized carbons (Fsp3) is 0.562. The first-order valence-electron chi connectivity index (χ1n) is 7.81. The number of rotatable bonds is 3. The molecule has 1 aromatic rings. The van der Waals surface area contributed by atoms with Crippen molar-refractivity contribution in [3.05, 3.63) is 23.8 Å². The number of urea groups is 1. The summed E-state index contributed by atoms with van der Waals surface area (Å²) in [5.41, 5.74) is 1.95. The van der Waals surface area contributed by atoms with Gasteiger partial charge in [0, 0.05) is 25.3 Å². The van der Waals surface area contributed by atoms with Crippen LogP contribution in [-0.2, 0) is 11.2 Å². The zero-order chi connectivity index (χ0) is 15.4. The standard InChI is InChI=1S/C16H23N3O3/c1-19-6-8-21-14(11-19)10-17-16(20)18-13-4-5-15-12(9-13)3-2-7-22-15/h4-5,9,14H,2-3,6-8,10-11H2,1H3,(H2,17,18,20). The number of benzene rings is 1. The normalized spacial score (nSPS) is 21.6. The van der Waals surface area contributed by atoms with E-state index in [2.05, 4.69) is 22.6 Å². The molecule has 2 amide bonds. The molecule has 1 unspecified atom stereocenters. The van der Waals surface area contributed by atoms with Crippen LogP contribution in [0.2, 0.25) is 0 Å². The summed E-state index contributed by atoms with van der Waals surface area (Å²) in [6.45, 7) is 3.80. The Hall–Kier alpha value is -1.79. The van der Waals surface area contributed by atoms with Crippen molar-refractivity contribution in [1.82, 2.24) is 10.2 Å². The molecule has 1 saturated heterocycles. The Morgan fingerprint density at radius 3 is 3.18 bits per heavy atom. The Morgan fingerprint density at radius 2 is 2.32 bits per heavy atom. The number of hydrogen-bond acceptors (Lipinski definition) is 4. The first-order chi connectivity index (χ1) is 10.7. The first-order valence-corrected chi connectivity index (χ1v) is 7.81. The van der Waals surface area contributed by atoms with Crippen LogP contribution < -0.4 is 15.4 Å². The monoisotopic (exact) mass is 305 g/mol. The molecule has 1 fully saturated rings. The predicted molar refractivity (Wildman–Crippen MR) is 84.5 cm³/mol. The third kappa shape index (κ3) is 3.90. The van der Waals surface area contributed by atoms with Gasteiger partial charge in [0.15, 0.2) is 0 Å². The minimum atomic E-state index is -0.200. The molecule has 0 aliphatic carbocycles. The second kappa shape index (κ2) is 6.98. The number of hydrogen-bond donors (Lipinski definition) is 2. The lowest BCUT2D eigenvalue weighted by Gasteiger charge is -2.30. The van der Waals surface area contributed by atoms with Crippen molar-refractivity contribution in [3.63, 3.8) is 0 Å². The van der Waals surface area contributed by atoms with Gasteiger partial charge in [-0.05, 0) is 43.7 Å². The van der Waals surface area contributed by atoms with Crippen LogP contribution in [0.3, 0.4) is 0 Å². The minimum Gasteiger partial charge on any atom is -0.493 e. The summed E-state index contributed by atoms with van der Waals surface area (Å²) >= 11 is 0. The average Bonchev–Trinajstić information content (AvgIpc) is 2.53. The van der Waals surface area contributed by atoms with Gasteiger partial charge in [-0.15, -0.1) is 0 Å². The van der Waals surface area contributed by atoms with Crippen molar-refractivity contribution in [2.75, 3.05) is 45.2 Å². The molecule has 22 heavy (non-hydrogen) atoms. The van der Waals surface area contributed by atoms with Crippen LogP contribution in [-0.4, -0.2) is 56.9 Å². The van der Waals surface area contributed by atoms with Crippen LogP contribution in [0.5, 0.6) is 5.75 Å². The van der Waals surface area contributed by atoms with Gasteiger partial charge in [-0.25, -0.2) is 4.79 Å². The molecule has 0 aromatic heterocycles. The maximum absolute atomic E-state index is 12.0. The van der Waals surface area contributed by atoms with Gasteiger partial charge in [0.05, 0.1) is 19.3 Å². The van der Waals surface area contributed by atoms with Crippen molar-refractivity contribution >= 4 is 11.7 Å². The minimum absolute atomic E-state index is 0.0569. The van der Waals surface area contributed by atoms with E-state index >= 15 is 0 Å². The Morgan fingerprint density at radius 1 is 1.41 bits per heavy atom. The smallest absolute Gasteiger partial charge is 0.319 e.